The number of anilines is 1. The second kappa shape index (κ2) is 5.97. The van der Waals surface area contributed by atoms with Gasteiger partial charge in [-0.2, -0.15) is 0 Å². The fourth-order valence-electron chi connectivity index (χ4n) is 1.03. The third kappa shape index (κ3) is 4.18. The Labute approximate surface area is 97.4 Å². The zero-order chi connectivity index (χ0) is 12.0. The number of nitrogens with one attached hydrogen (secondary N) is 1. The second-order valence-electron chi connectivity index (χ2n) is 2.87. The predicted molar refractivity (Wildman–Crippen MR) is 61.0 cm³/mol. The number of amides is 1. The number of hydrogen-bond acceptors (Lipinski definition) is 4. The molecule has 0 saturated carbocycles. The van der Waals surface area contributed by atoms with Crippen LogP contribution in [-0.2, 0) is 9.59 Å². The second-order valence-corrected chi connectivity index (χ2v) is 3.75. The van der Waals surface area contributed by atoms with Crippen LogP contribution in [0.4, 0.5) is 5.69 Å². The monoisotopic (exact) mass is 236 g/mol. The summed E-state index contributed by atoms with van der Waals surface area (Å²) in [6.45, 7) is 0. The van der Waals surface area contributed by atoms with E-state index < -0.39 is 11.9 Å². The van der Waals surface area contributed by atoms with Crippen LogP contribution in [0.1, 0.15) is 0 Å². The van der Waals surface area contributed by atoms with E-state index in [0.717, 1.165) is 11.0 Å². The Morgan fingerprint density at radius 2 is 2.12 bits per heavy atom. The van der Waals surface area contributed by atoms with E-state index in [9.17, 15) is 14.7 Å². The summed E-state index contributed by atoms with van der Waals surface area (Å²) in [5.41, 5.74) is 0.625. The molecule has 1 rings (SSSR count). The Kier molecular flexibility index (Phi) is 4.60. The molecule has 0 fully saturated rings. The van der Waals surface area contributed by atoms with Gasteiger partial charge in [0.25, 0.3) is 0 Å². The lowest BCUT2D eigenvalue weighted by Gasteiger charge is -2.03. The van der Waals surface area contributed by atoms with E-state index in [1.165, 1.54) is 0 Å². The Hall–Kier alpha value is -1.75. The molecule has 0 aliphatic rings. The van der Waals surface area contributed by atoms with Crippen molar-refractivity contribution in [2.75, 3.05) is 11.6 Å². The maximum Gasteiger partial charge on any atom is 0.248 e. The molecule has 4 nitrogen and oxygen atoms in total. The van der Waals surface area contributed by atoms with E-state index in [2.05, 4.69) is 5.32 Å². The summed E-state index contributed by atoms with van der Waals surface area (Å²) < 4.78 is 0. The molecule has 0 spiro atoms. The van der Waals surface area contributed by atoms with Crippen molar-refractivity contribution in [1.29, 1.82) is 0 Å². The first-order valence-electron chi connectivity index (χ1n) is 4.46. The van der Waals surface area contributed by atoms with E-state index in [4.69, 9.17) is 0 Å². The summed E-state index contributed by atoms with van der Waals surface area (Å²) in [4.78, 5) is 22.3. The third-order valence-corrected chi connectivity index (χ3v) is 2.43. The van der Waals surface area contributed by atoms with Crippen LogP contribution in [0.15, 0.2) is 41.3 Å². The van der Waals surface area contributed by atoms with Crippen LogP contribution in [0.2, 0.25) is 0 Å². The van der Waals surface area contributed by atoms with Crippen LogP contribution in [0.25, 0.3) is 0 Å². The van der Waals surface area contributed by atoms with Gasteiger partial charge in [-0.05, 0) is 30.5 Å². The van der Waals surface area contributed by atoms with Crippen molar-refractivity contribution in [3.63, 3.8) is 0 Å². The van der Waals surface area contributed by atoms with Gasteiger partial charge in [0.15, 0.2) is 0 Å². The van der Waals surface area contributed by atoms with E-state index >= 15 is 0 Å². The summed E-state index contributed by atoms with van der Waals surface area (Å²) >= 11 is 1.55. The largest absolute Gasteiger partial charge is 0.545 e. The molecule has 0 aliphatic heterocycles. The van der Waals surface area contributed by atoms with Crippen molar-refractivity contribution in [3.05, 3.63) is 36.4 Å². The molecule has 1 amide bonds. The summed E-state index contributed by atoms with van der Waals surface area (Å²) in [6.07, 6.45) is 3.53. The minimum Gasteiger partial charge on any atom is -0.545 e. The minimum absolute atomic E-state index is 0.498. The molecular weight excluding hydrogens is 226 g/mol. The minimum atomic E-state index is -1.40. The van der Waals surface area contributed by atoms with E-state index in [1.807, 2.05) is 18.4 Å². The van der Waals surface area contributed by atoms with Crippen LogP contribution in [0.5, 0.6) is 0 Å². The quantitative estimate of drug-likeness (QED) is 0.615. The predicted octanol–water partition coefficient (Wildman–Crippen LogP) is 0.653. The van der Waals surface area contributed by atoms with Gasteiger partial charge < -0.3 is 15.2 Å². The lowest BCUT2D eigenvalue weighted by atomic mass is 10.3. The number of carboxylic acids is 1. The zero-order valence-electron chi connectivity index (χ0n) is 8.60. The molecule has 0 saturated heterocycles. The summed E-state index contributed by atoms with van der Waals surface area (Å²) in [6, 6.07) is 7.25. The van der Waals surface area contributed by atoms with Gasteiger partial charge in [0, 0.05) is 16.7 Å². The molecule has 1 aromatic rings. The number of carboxylic acid groups (broad SMARTS) is 1. The first-order chi connectivity index (χ1) is 7.61. The topological polar surface area (TPSA) is 69.2 Å². The Bertz CT molecular complexity index is 429. The van der Waals surface area contributed by atoms with Crippen molar-refractivity contribution in [2.24, 2.45) is 0 Å². The fraction of sp³-hybridized carbons (Fsp3) is 0.0909. The van der Waals surface area contributed by atoms with Crippen molar-refractivity contribution < 1.29 is 14.7 Å². The number of aliphatic carboxylic acids is 1. The lowest BCUT2D eigenvalue weighted by Crippen LogP contribution is -2.20. The number of carbonyl (C=O) groups excluding carboxylic acids is 2. The number of rotatable bonds is 4. The number of thioether (sulfide) groups is 1. The Morgan fingerprint density at radius 3 is 2.75 bits per heavy atom. The van der Waals surface area contributed by atoms with Crippen LogP contribution in [0, 0.1) is 0 Å². The number of benzene rings is 1. The molecule has 0 bridgehead atoms. The van der Waals surface area contributed by atoms with Crippen LogP contribution in [0.3, 0.4) is 0 Å². The lowest BCUT2D eigenvalue weighted by molar-refractivity contribution is -0.297. The number of carbonyl (C=O) groups is 2. The third-order valence-electron chi connectivity index (χ3n) is 1.71. The number of hydrogen-bond donors (Lipinski definition) is 1. The SMILES string of the molecule is CSc1cccc(NC(=O)C=CC(=O)[O-])c1. The molecule has 0 unspecified atom stereocenters. The molecule has 16 heavy (non-hydrogen) atoms. The molecule has 5 heteroatoms. The molecule has 84 valence electrons. The van der Waals surface area contributed by atoms with E-state index in [0.29, 0.717) is 11.8 Å². The zero-order valence-corrected chi connectivity index (χ0v) is 9.41. The normalized spacial score (nSPS) is 10.3. The van der Waals surface area contributed by atoms with Gasteiger partial charge in [-0.25, -0.2) is 0 Å². The first-order valence-corrected chi connectivity index (χ1v) is 5.68. The molecule has 1 aromatic carbocycles. The fourth-order valence-corrected chi connectivity index (χ4v) is 1.49. The van der Waals surface area contributed by atoms with Gasteiger partial charge in [0.2, 0.25) is 5.91 Å². The van der Waals surface area contributed by atoms with E-state index in [1.54, 1.807) is 23.9 Å². The highest BCUT2D eigenvalue weighted by Crippen LogP contribution is 2.18. The maximum atomic E-state index is 11.2. The van der Waals surface area contributed by atoms with Gasteiger partial charge >= 0.3 is 0 Å². The highest BCUT2D eigenvalue weighted by Gasteiger charge is 1.98. The van der Waals surface area contributed by atoms with Crippen LogP contribution < -0.4 is 10.4 Å². The molecule has 0 radical (unpaired) electrons. The van der Waals surface area contributed by atoms with Crippen LogP contribution >= 0.6 is 11.8 Å². The molecule has 1 N–H and O–H groups in total. The van der Waals surface area contributed by atoms with Crippen molar-refractivity contribution >= 4 is 29.3 Å². The average molecular weight is 236 g/mol. The van der Waals surface area contributed by atoms with Crippen molar-refractivity contribution in [3.8, 4) is 0 Å². The smallest absolute Gasteiger partial charge is 0.248 e. The van der Waals surface area contributed by atoms with Gasteiger partial charge in [-0.3, -0.25) is 4.79 Å². The van der Waals surface area contributed by atoms with E-state index in [-0.39, 0.29) is 0 Å². The summed E-state index contributed by atoms with van der Waals surface area (Å²) in [5, 5.41) is 12.6. The van der Waals surface area contributed by atoms with Crippen molar-refractivity contribution in [2.45, 2.75) is 4.90 Å². The molecule has 0 aromatic heterocycles. The highest BCUT2D eigenvalue weighted by molar-refractivity contribution is 7.98. The maximum absolute atomic E-state index is 11.2. The van der Waals surface area contributed by atoms with Crippen molar-refractivity contribution in [1.82, 2.24) is 0 Å². The van der Waals surface area contributed by atoms with Gasteiger partial charge in [0.05, 0.1) is 5.97 Å². The standard InChI is InChI=1S/C11H11NO3S/c1-16-9-4-2-3-8(7-9)12-10(13)5-6-11(14)15/h2-7H,1H3,(H,12,13)(H,14,15)/p-1. The van der Waals surface area contributed by atoms with Gasteiger partial charge in [-0.1, -0.05) is 6.07 Å². The molecule has 0 atom stereocenters. The Balaban J connectivity index is 2.65. The molecular formula is C11H10NO3S-. The molecule has 0 heterocycles. The summed E-state index contributed by atoms with van der Waals surface area (Å²) in [7, 11) is 0. The molecule has 0 aliphatic carbocycles. The van der Waals surface area contributed by atoms with Gasteiger partial charge in [-0.15, -0.1) is 11.8 Å². The van der Waals surface area contributed by atoms with Crippen LogP contribution in [-0.4, -0.2) is 18.1 Å². The summed E-state index contributed by atoms with van der Waals surface area (Å²) in [5.74, 6) is -1.89. The first kappa shape index (κ1) is 12.3. The van der Waals surface area contributed by atoms with Gasteiger partial charge in [0.1, 0.15) is 0 Å². The Morgan fingerprint density at radius 1 is 1.38 bits per heavy atom. The highest BCUT2D eigenvalue weighted by atomic mass is 32.2. The average Bonchev–Trinajstić information content (AvgIpc) is 2.26.